The summed E-state index contributed by atoms with van der Waals surface area (Å²) < 4.78 is 0. The van der Waals surface area contributed by atoms with Gasteiger partial charge in [0, 0.05) is 17.5 Å². The molecule has 3 aromatic rings. The van der Waals surface area contributed by atoms with Crippen molar-refractivity contribution in [2.45, 2.75) is 43.6 Å². The minimum absolute atomic E-state index is 0.0652. The van der Waals surface area contributed by atoms with E-state index in [1.807, 2.05) is 18.3 Å². The number of benzene rings is 2. The summed E-state index contributed by atoms with van der Waals surface area (Å²) in [6, 6.07) is 19.0. The van der Waals surface area contributed by atoms with Crippen LogP contribution in [-0.4, -0.2) is 35.6 Å². The molecule has 0 spiro atoms. The Hall–Kier alpha value is -2.23. The molecule has 0 bridgehead atoms. The molecule has 1 aliphatic carbocycles. The van der Waals surface area contributed by atoms with E-state index in [0.717, 1.165) is 60.7 Å². The van der Waals surface area contributed by atoms with E-state index in [-0.39, 0.29) is 5.92 Å². The predicted molar refractivity (Wildman–Crippen MR) is 116 cm³/mol. The van der Waals surface area contributed by atoms with Gasteiger partial charge < -0.3 is 10.0 Å². The van der Waals surface area contributed by atoms with Gasteiger partial charge in [-0.05, 0) is 81.6 Å². The minimum Gasteiger partial charge on any atom is -0.385 e. The quantitative estimate of drug-likeness (QED) is 0.646. The molecule has 0 saturated heterocycles. The number of nitrogens with zero attached hydrogens (tertiary/aromatic N) is 2. The van der Waals surface area contributed by atoms with E-state index in [1.54, 1.807) is 0 Å². The molecule has 1 N–H and O–H groups in total. The lowest BCUT2D eigenvalue weighted by molar-refractivity contribution is -0.00610. The van der Waals surface area contributed by atoms with Crippen molar-refractivity contribution >= 4 is 10.9 Å². The normalized spacial score (nSPS) is 22.2. The summed E-state index contributed by atoms with van der Waals surface area (Å²) in [5.74, 6) is 0.0652. The van der Waals surface area contributed by atoms with Crippen LogP contribution in [0.4, 0.5) is 0 Å². The summed E-state index contributed by atoms with van der Waals surface area (Å²) in [5.41, 5.74) is 3.72. The van der Waals surface area contributed by atoms with Crippen molar-refractivity contribution < 1.29 is 5.11 Å². The van der Waals surface area contributed by atoms with Crippen molar-refractivity contribution in [2.24, 2.45) is 0 Å². The molecule has 0 fully saturated rings. The highest BCUT2D eigenvalue weighted by molar-refractivity contribution is 5.78. The van der Waals surface area contributed by atoms with Crippen LogP contribution in [0.15, 0.2) is 60.8 Å². The average Bonchev–Trinajstić information content (AvgIpc) is 2.84. The van der Waals surface area contributed by atoms with Gasteiger partial charge in [0.25, 0.3) is 0 Å². The Morgan fingerprint density at radius 2 is 1.89 bits per heavy atom. The Morgan fingerprint density at radius 1 is 1.11 bits per heavy atom. The van der Waals surface area contributed by atoms with Crippen LogP contribution in [0.1, 0.15) is 48.3 Å². The number of hydrogen-bond acceptors (Lipinski definition) is 3. The van der Waals surface area contributed by atoms with Gasteiger partial charge in [0.15, 0.2) is 0 Å². The van der Waals surface area contributed by atoms with E-state index in [9.17, 15) is 5.11 Å². The van der Waals surface area contributed by atoms with Gasteiger partial charge in [0.05, 0.1) is 11.1 Å². The van der Waals surface area contributed by atoms with Gasteiger partial charge in [-0.2, -0.15) is 0 Å². The van der Waals surface area contributed by atoms with Crippen LogP contribution >= 0.6 is 0 Å². The van der Waals surface area contributed by atoms with Crippen LogP contribution < -0.4 is 0 Å². The molecular weight excluding hydrogens is 344 g/mol. The fourth-order valence-electron chi connectivity index (χ4n) is 4.78. The molecule has 0 radical (unpaired) electrons. The highest BCUT2D eigenvalue weighted by Crippen LogP contribution is 2.47. The van der Waals surface area contributed by atoms with Gasteiger partial charge in [0.1, 0.15) is 0 Å². The zero-order valence-electron chi connectivity index (χ0n) is 16.9. The highest BCUT2D eigenvalue weighted by atomic mass is 16.3. The Bertz CT molecular complexity index is 952. The molecule has 0 amide bonds. The van der Waals surface area contributed by atoms with Crippen LogP contribution in [0, 0.1) is 0 Å². The number of aryl methyl sites for hydroxylation is 1. The van der Waals surface area contributed by atoms with Crippen molar-refractivity contribution in [2.75, 3.05) is 20.6 Å². The molecule has 3 nitrogen and oxygen atoms in total. The molecule has 146 valence electrons. The SMILES string of the molecule is CN(C)CCCC1(O)c2ccccc2CCCC1c1cnc2ccccc2c1. The number of aliphatic hydroxyl groups is 1. The van der Waals surface area contributed by atoms with Crippen LogP contribution in [0.25, 0.3) is 10.9 Å². The molecular formula is C25H30N2O. The molecule has 1 heterocycles. The largest absolute Gasteiger partial charge is 0.385 e. The average molecular weight is 375 g/mol. The second-order valence-corrected chi connectivity index (χ2v) is 8.39. The minimum atomic E-state index is -0.854. The van der Waals surface area contributed by atoms with E-state index >= 15 is 0 Å². The summed E-state index contributed by atoms with van der Waals surface area (Å²) in [4.78, 5) is 6.89. The summed E-state index contributed by atoms with van der Waals surface area (Å²) in [7, 11) is 4.19. The van der Waals surface area contributed by atoms with Crippen molar-refractivity contribution in [1.29, 1.82) is 0 Å². The molecule has 2 atom stereocenters. The topological polar surface area (TPSA) is 36.4 Å². The molecule has 1 aliphatic rings. The van der Waals surface area contributed by atoms with Crippen LogP contribution in [0.5, 0.6) is 0 Å². The van der Waals surface area contributed by atoms with E-state index < -0.39 is 5.60 Å². The van der Waals surface area contributed by atoms with Crippen molar-refractivity contribution in [3.8, 4) is 0 Å². The molecule has 2 aromatic carbocycles. The van der Waals surface area contributed by atoms with Crippen molar-refractivity contribution in [3.63, 3.8) is 0 Å². The van der Waals surface area contributed by atoms with Crippen LogP contribution in [-0.2, 0) is 12.0 Å². The monoisotopic (exact) mass is 374 g/mol. The lowest BCUT2D eigenvalue weighted by atomic mass is 9.73. The summed E-state index contributed by atoms with van der Waals surface area (Å²) in [6.45, 7) is 0.979. The molecule has 0 aliphatic heterocycles. The van der Waals surface area contributed by atoms with Crippen molar-refractivity contribution in [1.82, 2.24) is 9.88 Å². The third-order valence-corrected chi connectivity index (χ3v) is 6.18. The number of rotatable bonds is 5. The number of fused-ring (bicyclic) bond motifs is 2. The number of aromatic nitrogens is 1. The highest BCUT2D eigenvalue weighted by Gasteiger charge is 2.41. The van der Waals surface area contributed by atoms with Gasteiger partial charge in [0.2, 0.25) is 0 Å². The Labute approximate surface area is 168 Å². The second-order valence-electron chi connectivity index (χ2n) is 8.39. The number of para-hydroxylation sites is 1. The molecule has 4 rings (SSSR count). The third-order valence-electron chi connectivity index (χ3n) is 6.18. The van der Waals surface area contributed by atoms with E-state index in [4.69, 9.17) is 4.98 Å². The Morgan fingerprint density at radius 3 is 2.75 bits per heavy atom. The maximum Gasteiger partial charge on any atom is 0.0968 e. The van der Waals surface area contributed by atoms with Gasteiger partial charge in [-0.3, -0.25) is 4.98 Å². The molecule has 3 heteroatoms. The zero-order chi connectivity index (χ0) is 19.6. The summed E-state index contributed by atoms with van der Waals surface area (Å²) >= 11 is 0. The first-order chi connectivity index (χ1) is 13.6. The predicted octanol–water partition coefficient (Wildman–Crippen LogP) is 4.88. The van der Waals surface area contributed by atoms with Crippen molar-refractivity contribution in [3.05, 3.63) is 77.5 Å². The fraction of sp³-hybridized carbons (Fsp3) is 0.400. The standard InChI is InChI=1S/C25H30N2O/c1-27(2)16-8-15-25(28)22-12-5-3-9-19(22)11-7-13-23(25)21-17-20-10-4-6-14-24(20)26-18-21/h3-6,9-10,12,14,17-18,23,28H,7-8,11,13,15-16H2,1-2H3. The maximum absolute atomic E-state index is 12.2. The summed E-state index contributed by atoms with van der Waals surface area (Å²) in [5, 5.41) is 13.3. The van der Waals surface area contributed by atoms with E-state index in [0.29, 0.717) is 0 Å². The van der Waals surface area contributed by atoms with Crippen LogP contribution in [0.3, 0.4) is 0 Å². The van der Waals surface area contributed by atoms with Gasteiger partial charge in [-0.15, -0.1) is 0 Å². The Kier molecular flexibility index (Phi) is 5.47. The van der Waals surface area contributed by atoms with Gasteiger partial charge in [-0.25, -0.2) is 0 Å². The first-order valence-electron chi connectivity index (χ1n) is 10.4. The first kappa shape index (κ1) is 19.1. The number of hydrogen-bond donors (Lipinski definition) is 1. The second kappa shape index (κ2) is 8.02. The first-order valence-corrected chi connectivity index (χ1v) is 10.4. The number of pyridine rings is 1. The third kappa shape index (κ3) is 3.69. The molecule has 2 unspecified atom stereocenters. The molecule has 28 heavy (non-hydrogen) atoms. The van der Waals surface area contributed by atoms with Gasteiger partial charge in [-0.1, -0.05) is 42.5 Å². The van der Waals surface area contributed by atoms with E-state index in [1.165, 1.54) is 5.56 Å². The smallest absolute Gasteiger partial charge is 0.0968 e. The van der Waals surface area contributed by atoms with Gasteiger partial charge >= 0.3 is 0 Å². The fourth-order valence-corrected chi connectivity index (χ4v) is 4.78. The maximum atomic E-state index is 12.2. The molecule has 1 aromatic heterocycles. The lowest BCUT2D eigenvalue weighted by Gasteiger charge is -2.37. The molecule has 0 saturated carbocycles. The van der Waals surface area contributed by atoms with E-state index in [2.05, 4.69) is 61.5 Å². The lowest BCUT2D eigenvalue weighted by Crippen LogP contribution is -2.34. The Balaban J connectivity index is 1.78. The zero-order valence-corrected chi connectivity index (χ0v) is 16.9. The summed E-state index contributed by atoms with van der Waals surface area (Å²) in [6.07, 6.45) is 6.81. The van der Waals surface area contributed by atoms with Crippen LogP contribution in [0.2, 0.25) is 0 Å².